The molecule has 0 fully saturated rings. The van der Waals surface area contributed by atoms with Crippen LogP contribution in [0.4, 0.5) is 0 Å². The maximum atomic E-state index is 15.1. The topological polar surface area (TPSA) is 394 Å². The zero-order valence-electron chi connectivity index (χ0n) is 70.5. The third-order valence-electron chi connectivity index (χ3n) is 19.0. The quantitative estimate of drug-likeness (QED) is 0.0310. The molecule has 15 rings (SSSR count). The summed E-state index contributed by atoms with van der Waals surface area (Å²) < 4.78 is 85.8. The highest BCUT2D eigenvalue weighted by Gasteiger charge is 2.29. The van der Waals surface area contributed by atoms with Crippen LogP contribution in [0, 0.1) is 0 Å². The van der Waals surface area contributed by atoms with Gasteiger partial charge in [-0.15, -0.1) is 0 Å². The van der Waals surface area contributed by atoms with Gasteiger partial charge in [0.2, 0.25) is 0 Å². The Hall–Kier alpha value is -19.6. The van der Waals surface area contributed by atoms with Crippen LogP contribution in [0.25, 0.3) is 0 Å². The summed E-state index contributed by atoms with van der Waals surface area (Å²) in [5.74, 6) is -22.9. The minimum Gasteiger partial charge on any atom is -0.465 e. The minimum absolute atomic E-state index is 0.0779. The number of ether oxygens (including phenoxy) is 15. The predicted molar refractivity (Wildman–Crippen MR) is 477 cm³/mol. The van der Waals surface area contributed by atoms with Crippen LogP contribution in [0.1, 0.15) is 155 Å². The number of hydrogen-bond acceptors (Lipinski definition) is 30. The SMILES string of the molecule is COC(=O)c1cc(OC(=O)c2cc(OC(=O)c3cc(OC(=O)c4ccccc4)cc(OC(=O)c4ccccc4)c3)cc(OC(=O)c3cc(OC(=O)c4ccccc4)cc(OC(=O)c4ccccc4)c3)c2)cc(OC(=O)c2cc(OC(=O)c3cc(OC(=O)c4ccccc4)cc(OC(=O)c4ccccc4)c3)cc(OC(=O)c3cc(OC(=O)c4ccccc4)cc(OC(=O)c4ccccc4)c3)c2)c1. The molecule has 0 saturated carbocycles. The summed E-state index contributed by atoms with van der Waals surface area (Å²) >= 11 is 0. The summed E-state index contributed by atoms with van der Waals surface area (Å²) in [6.45, 7) is 0. The molecule has 0 heterocycles. The normalized spacial score (nSPS) is 10.5. The van der Waals surface area contributed by atoms with Gasteiger partial charge in [0.1, 0.15) is 80.5 Å². The van der Waals surface area contributed by atoms with Gasteiger partial charge in [-0.3, -0.25) is 0 Å². The van der Waals surface area contributed by atoms with E-state index in [0.717, 1.165) is 135 Å². The zero-order chi connectivity index (χ0) is 95.1. The fourth-order valence-corrected chi connectivity index (χ4v) is 12.7. The number of benzene rings is 15. The molecular formula is C106H64O30. The number of hydrogen-bond donors (Lipinski definition) is 0. The van der Waals surface area contributed by atoms with E-state index in [0.29, 0.717) is 0 Å². The van der Waals surface area contributed by atoms with Crippen molar-refractivity contribution in [3.05, 3.63) is 454 Å². The van der Waals surface area contributed by atoms with E-state index in [-0.39, 0.29) is 90.5 Å². The number of carbonyl (C=O) groups is 15. The number of esters is 15. The fourth-order valence-electron chi connectivity index (χ4n) is 12.7. The molecule has 0 amide bonds. The van der Waals surface area contributed by atoms with Crippen molar-refractivity contribution < 1.29 is 143 Å². The summed E-state index contributed by atoms with van der Waals surface area (Å²) in [5.41, 5.74) is -2.95. The molecule has 15 aromatic rings. The van der Waals surface area contributed by atoms with Crippen molar-refractivity contribution in [1.29, 1.82) is 0 Å². The molecule has 0 N–H and O–H groups in total. The molecule has 668 valence electrons. The summed E-state index contributed by atoms with van der Waals surface area (Å²) in [4.78, 5) is 211. The molecule has 0 aliphatic rings. The first-order valence-electron chi connectivity index (χ1n) is 40.5. The molecule has 0 saturated heterocycles. The summed E-state index contributed by atoms with van der Waals surface area (Å²) in [6.07, 6.45) is 0. The Bertz CT molecular complexity index is 6100. The Morgan fingerprint density at radius 1 is 0.118 bits per heavy atom. The second-order valence-corrected chi connectivity index (χ2v) is 28.7. The first-order valence-corrected chi connectivity index (χ1v) is 40.5. The van der Waals surface area contributed by atoms with Gasteiger partial charge >= 0.3 is 89.5 Å². The maximum absolute atomic E-state index is 15.1. The van der Waals surface area contributed by atoms with Gasteiger partial charge in [0.05, 0.1) is 90.6 Å². The molecule has 0 aromatic heterocycles. The molecule has 30 nitrogen and oxygen atoms in total. The van der Waals surface area contributed by atoms with Gasteiger partial charge in [-0.05, 0) is 182 Å². The molecular weight excluding hydrogens is 1750 g/mol. The fraction of sp³-hybridized carbons (Fsp3) is 0.00943. The highest BCUT2D eigenvalue weighted by Crippen LogP contribution is 2.36. The lowest BCUT2D eigenvalue weighted by Crippen LogP contribution is -2.16. The molecule has 0 unspecified atom stereocenters. The van der Waals surface area contributed by atoms with Gasteiger partial charge in [0, 0.05) is 42.5 Å². The van der Waals surface area contributed by atoms with E-state index in [1.165, 1.54) is 97.1 Å². The number of carbonyl (C=O) groups excluding carboxylic acids is 15. The van der Waals surface area contributed by atoms with Crippen LogP contribution in [0.2, 0.25) is 0 Å². The van der Waals surface area contributed by atoms with E-state index < -0.39 is 163 Å². The number of rotatable bonds is 29. The van der Waals surface area contributed by atoms with Crippen LogP contribution in [-0.4, -0.2) is 96.6 Å². The molecule has 0 radical (unpaired) electrons. The van der Waals surface area contributed by atoms with E-state index in [2.05, 4.69) is 0 Å². The van der Waals surface area contributed by atoms with Gasteiger partial charge in [-0.25, -0.2) is 71.9 Å². The average Bonchev–Trinajstić information content (AvgIpc) is 0.879. The smallest absolute Gasteiger partial charge is 0.343 e. The predicted octanol–water partition coefficient (Wildman–Crippen LogP) is 18.5. The first-order chi connectivity index (χ1) is 65.9. The Labute approximate surface area is 769 Å². The first kappa shape index (κ1) is 91.1. The van der Waals surface area contributed by atoms with E-state index in [9.17, 15) is 62.3 Å². The third-order valence-corrected chi connectivity index (χ3v) is 19.0. The summed E-state index contributed by atoms with van der Waals surface area (Å²) in [7, 11) is 0.979. The van der Waals surface area contributed by atoms with Crippen LogP contribution >= 0.6 is 0 Å². The standard InChI is InChI=1S/C106H64O30/c1-122-92(107)71-42-78(131-101(116)76-52-88(133-103(118)72-44-80(123-93(108)63-26-10-2-11-27-63)57-81(45-72)124-94(109)64-28-12-3-13-29-64)61-89(53-76)134-104(119)73-46-82(125-95(110)65-30-14-4-15-31-65)58-83(47-73)126-96(111)66-32-16-5-17-33-66)56-79(43-71)132-102(117)77-54-90(135-105(120)74-48-84(127-97(112)67-34-18-6-19-35-67)59-85(49-74)128-98(113)68-36-20-7-21-37-68)62-91(55-77)136-106(121)75-50-86(129-99(114)69-38-22-8-23-39-69)60-87(51-75)130-100(115)70-40-24-9-25-41-70/h2-62H,1H3. The van der Waals surface area contributed by atoms with Gasteiger partial charge in [0.15, 0.2) is 0 Å². The molecule has 30 heteroatoms. The molecule has 15 aromatic carbocycles. The zero-order valence-corrected chi connectivity index (χ0v) is 70.5. The van der Waals surface area contributed by atoms with Crippen molar-refractivity contribution in [3.8, 4) is 80.5 Å². The Morgan fingerprint density at radius 2 is 0.206 bits per heavy atom. The molecule has 0 aliphatic heterocycles. The molecule has 0 aliphatic carbocycles. The lowest BCUT2D eigenvalue weighted by molar-refractivity contribution is 0.0592. The molecule has 0 bridgehead atoms. The number of methoxy groups -OCH3 is 1. The highest BCUT2D eigenvalue weighted by molar-refractivity contribution is 6.03. The van der Waals surface area contributed by atoms with Gasteiger partial charge in [0.25, 0.3) is 0 Å². The van der Waals surface area contributed by atoms with Crippen LogP contribution in [0.3, 0.4) is 0 Å². The molecule has 136 heavy (non-hydrogen) atoms. The third kappa shape index (κ3) is 24.2. The van der Waals surface area contributed by atoms with Crippen LogP contribution in [0.15, 0.2) is 370 Å². The largest absolute Gasteiger partial charge is 0.465 e. The van der Waals surface area contributed by atoms with Crippen LogP contribution in [0.5, 0.6) is 80.5 Å². The molecule has 0 atom stereocenters. The second-order valence-electron chi connectivity index (χ2n) is 28.7. The lowest BCUT2D eigenvalue weighted by atomic mass is 10.1. The second kappa shape index (κ2) is 42.5. The van der Waals surface area contributed by atoms with E-state index in [1.54, 1.807) is 146 Å². The monoisotopic (exact) mass is 1820 g/mol. The van der Waals surface area contributed by atoms with Crippen molar-refractivity contribution in [1.82, 2.24) is 0 Å². The summed E-state index contributed by atoms with van der Waals surface area (Å²) in [6, 6.07) is 82.9. The Morgan fingerprint density at radius 3 is 0.301 bits per heavy atom. The van der Waals surface area contributed by atoms with Crippen molar-refractivity contribution in [2.45, 2.75) is 0 Å². The van der Waals surface area contributed by atoms with E-state index in [4.69, 9.17) is 71.1 Å². The van der Waals surface area contributed by atoms with Crippen LogP contribution in [-0.2, 0) is 4.74 Å². The van der Waals surface area contributed by atoms with Gasteiger partial charge < -0.3 is 71.1 Å². The average molecular weight is 1820 g/mol. The van der Waals surface area contributed by atoms with E-state index in [1.807, 2.05) is 0 Å². The van der Waals surface area contributed by atoms with Gasteiger partial charge in [-0.2, -0.15) is 0 Å². The summed E-state index contributed by atoms with van der Waals surface area (Å²) in [5, 5.41) is 0. The van der Waals surface area contributed by atoms with Crippen molar-refractivity contribution in [3.63, 3.8) is 0 Å². The highest BCUT2D eigenvalue weighted by atomic mass is 16.6. The van der Waals surface area contributed by atoms with Crippen LogP contribution < -0.4 is 66.3 Å². The Balaban J connectivity index is 0.778. The lowest BCUT2D eigenvalue weighted by Gasteiger charge is -2.14. The maximum Gasteiger partial charge on any atom is 0.343 e. The van der Waals surface area contributed by atoms with E-state index >= 15 is 9.59 Å². The Kier molecular flexibility index (Phi) is 28.5. The van der Waals surface area contributed by atoms with Crippen molar-refractivity contribution >= 4 is 89.5 Å². The van der Waals surface area contributed by atoms with Gasteiger partial charge in [-0.1, -0.05) is 146 Å². The minimum atomic E-state index is -1.42. The van der Waals surface area contributed by atoms with Crippen molar-refractivity contribution in [2.75, 3.05) is 7.11 Å². The molecule has 0 spiro atoms. The van der Waals surface area contributed by atoms with Crippen molar-refractivity contribution in [2.24, 2.45) is 0 Å².